The molecule has 0 aliphatic rings. The van der Waals surface area contributed by atoms with Gasteiger partial charge < -0.3 is 16.6 Å². The Kier molecular flexibility index (Phi) is 3.19. The van der Waals surface area contributed by atoms with Crippen molar-refractivity contribution in [1.82, 2.24) is 0 Å². The second kappa shape index (κ2) is 4.78. The molecule has 5 N–H and O–H groups in total. The summed E-state index contributed by atoms with van der Waals surface area (Å²) in [6.45, 7) is 0. The maximum absolute atomic E-state index is 9.65. The standard InChI is InChI=1S/C14H16N2O/c15-12-8-7-10(13(16)9-12)5-6-11-3-1-2-4-14(11)17/h1-4,7-9,17H,5-6,15-16H2. The van der Waals surface area contributed by atoms with Gasteiger partial charge in [-0.15, -0.1) is 0 Å². The van der Waals surface area contributed by atoms with Gasteiger partial charge in [0, 0.05) is 11.4 Å². The van der Waals surface area contributed by atoms with Gasteiger partial charge in [-0.2, -0.15) is 0 Å². The van der Waals surface area contributed by atoms with Crippen molar-refractivity contribution in [1.29, 1.82) is 0 Å². The number of para-hydroxylation sites is 1. The summed E-state index contributed by atoms with van der Waals surface area (Å²) in [5.74, 6) is 0.335. The normalized spacial score (nSPS) is 10.4. The van der Waals surface area contributed by atoms with Gasteiger partial charge in [0.15, 0.2) is 0 Å². The van der Waals surface area contributed by atoms with Crippen LogP contribution in [0.3, 0.4) is 0 Å². The van der Waals surface area contributed by atoms with Gasteiger partial charge in [-0.25, -0.2) is 0 Å². The van der Waals surface area contributed by atoms with E-state index in [1.165, 1.54) is 0 Å². The number of aryl methyl sites for hydroxylation is 2. The van der Waals surface area contributed by atoms with Crippen molar-refractivity contribution in [2.45, 2.75) is 12.8 Å². The molecule has 0 spiro atoms. The molecular formula is C14H16N2O. The number of nitrogens with two attached hydrogens (primary N) is 2. The number of rotatable bonds is 3. The maximum Gasteiger partial charge on any atom is 0.118 e. The molecule has 3 heteroatoms. The van der Waals surface area contributed by atoms with Crippen molar-refractivity contribution in [3.63, 3.8) is 0 Å². The van der Waals surface area contributed by atoms with E-state index >= 15 is 0 Å². The molecule has 0 heterocycles. The summed E-state index contributed by atoms with van der Waals surface area (Å²) in [6.07, 6.45) is 1.56. The third-order valence-corrected chi connectivity index (χ3v) is 2.83. The van der Waals surface area contributed by atoms with Crippen molar-refractivity contribution in [3.05, 3.63) is 53.6 Å². The van der Waals surface area contributed by atoms with Crippen molar-refractivity contribution >= 4 is 11.4 Å². The van der Waals surface area contributed by atoms with Crippen LogP contribution in [0.15, 0.2) is 42.5 Å². The summed E-state index contributed by atoms with van der Waals surface area (Å²) >= 11 is 0. The van der Waals surface area contributed by atoms with Crippen LogP contribution in [0.2, 0.25) is 0 Å². The lowest BCUT2D eigenvalue weighted by Crippen LogP contribution is -1.98. The highest BCUT2D eigenvalue weighted by Gasteiger charge is 2.03. The Labute approximate surface area is 101 Å². The Bertz CT molecular complexity index is 523. The van der Waals surface area contributed by atoms with Crippen LogP contribution in [0.25, 0.3) is 0 Å². The molecule has 2 aromatic carbocycles. The van der Waals surface area contributed by atoms with E-state index in [2.05, 4.69) is 0 Å². The molecule has 0 radical (unpaired) electrons. The lowest BCUT2D eigenvalue weighted by atomic mass is 10.0. The third-order valence-electron chi connectivity index (χ3n) is 2.83. The molecular weight excluding hydrogens is 212 g/mol. The average molecular weight is 228 g/mol. The Morgan fingerprint density at radius 2 is 1.59 bits per heavy atom. The van der Waals surface area contributed by atoms with Gasteiger partial charge in [0.1, 0.15) is 5.75 Å². The zero-order valence-corrected chi connectivity index (χ0v) is 9.56. The molecule has 17 heavy (non-hydrogen) atoms. The summed E-state index contributed by atoms with van der Waals surface area (Å²) in [5.41, 5.74) is 14.9. The molecule has 0 aromatic heterocycles. The van der Waals surface area contributed by atoms with Crippen LogP contribution < -0.4 is 11.5 Å². The van der Waals surface area contributed by atoms with Gasteiger partial charge >= 0.3 is 0 Å². The second-order valence-corrected chi connectivity index (χ2v) is 4.09. The molecule has 0 saturated carbocycles. The third kappa shape index (κ3) is 2.69. The van der Waals surface area contributed by atoms with E-state index < -0.39 is 0 Å². The summed E-state index contributed by atoms with van der Waals surface area (Å²) in [7, 11) is 0. The lowest BCUT2D eigenvalue weighted by molar-refractivity contribution is 0.468. The number of phenolic OH excluding ortho intramolecular Hbond substituents is 1. The molecule has 0 unspecified atom stereocenters. The monoisotopic (exact) mass is 228 g/mol. The molecule has 0 fully saturated rings. The fourth-order valence-corrected chi connectivity index (χ4v) is 1.83. The first-order valence-corrected chi connectivity index (χ1v) is 5.57. The van der Waals surface area contributed by atoms with E-state index in [1.54, 1.807) is 12.1 Å². The van der Waals surface area contributed by atoms with Gasteiger partial charge in [-0.3, -0.25) is 0 Å². The molecule has 0 saturated heterocycles. The first-order valence-electron chi connectivity index (χ1n) is 5.57. The minimum Gasteiger partial charge on any atom is -0.508 e. The highest BCUT2D eigenvalue weighted by molar-refractivity contribution is 5.56. The molecule has 0 atom stereocenters. The van der Waals surface area contributed by atoms with E-state index in [9.17, 15) is 5.11 Å². The fourth-order valence-electron chi connectivity index (χ4n) is 1.83. The SMILES string of the molecule is Nc1ccc(CCc2ccccc2O)c(N)c1. The van der Waals surface area contributed by atoms with Gasteiger partial charge in [-0.1, -0.05) is 24.3 Å². The highest BCUT2D eigenvalue weighted by atomic mass is 16.3. The Morgan fingerprint density at radius 1 is 0.882 bits per heavy atom. The van der Waals surface area contributed by atoms with Crippen molar-refractivity contribution in [3.8, 4) is 5.75 Å². The summed E-state index contributed by atoms with van der Waals surface area (Å²) in [4.78, 5) is 0. The van der Waals surface area contributed by atoms with Crippen molar-refractivity contribution in [2.75, 3.05) is 11.5 Å². The van der Waals surface area contributed by atoms with E-state index in [0.717, 1.165) is 24.0 Å². The number of anilines is 2. The number of hydrogen-bond acceptors (Lipinski definition) is 3. The lowest BCUT2D eigenvalue weighted by Gasteiger charge is -2.07. The van der Waals surface area contributed by atoms with Crippen LogP contribution in [-0.2, 0) is 12.8 Å². The molecule has 0 aliphatic carbocycles. The van der Waals surface area contributed by atoms with Gasteiger partial charge in [0.25, 0.3) is 0 Å². The van der Waals surface area contributed by atoms with Crippen molar-refractivity contribution < 1.29 is 5.11 Å². The van der Waals surface area contributed by atoms with Crippen LogP contribution in [0.5, 0.6) is 5.75 Å². The minimum absolute atomic E-state index is 0.335. The first-order chi connectivity index (χ1) is 8.16. The molecule has 2 rings (SSSR count). The first kappa shape index (κ1) is 11.3. The average Bonchev–Trinajstić information content (AvgIpc) is 2.30. The number of hydrogen-bond donors (Lipinski definition) is 3. The molecule has 2 aromatic rings. The van der Waals surface area contributed by atoms with Crippen LogP contribution >= 0.6 is 0 Å². The van der Waals surface area contributed by atoms with Gasteiger partial charge in [0.05, 0.1) is 0 Å². The zero-order chi connectivity index (χ0) is 12.3. The summed E-state index contributed by atoms with van der Waals surface area (Å²) in [5, 5.41) is 9.65. The summed E-state index contributed by atoms with van der Waals surface area (Å²) in [6, 6.07) is 12.9. The fraction of sp³-hybridized carbons (Fsp3) is 0.143. The molecule has 3 nitrogen and oxygen atoms in total. The van der Waals surface area contributed by atoms with E-state index in [1.807, 2.05) is 30.3 Å². The molecule has 0 bridgehead atoms. The Balaban J connectivity index is 2.10. The molecule has 88 valence electrons. The number of benzene rings is 2. The van der Waals surface area contributed by atoms with Crippen LogP contribution in [0.4, 0.5) is 11.4 Å². The number of phenols is 1. The topological polar surface area (TPSA) is 72.3 Å². The Morgan fingerprint density at radius 3 is 2.29 bits per heavy atom. The van der Waals surface area contributed by atoms with Crippen LogP contribution in [0, 0.1) is 0 Å². The quantitative estimate of drug-likeness (QED) is 0.706. The largest absolute Gasteiger partial charge is 0.508 e. The second-order valence-electron chi connectivity index (χ2n) is 4.09. The number of aromatic hydroxyl groups is 1. The predicted octanol–water partition coefficient (Wildman–Crippen LogP) is 2.34. The maximum atomic E-state index is 9.65. The predicted molar refractivity (Wildman–Crippen MR) is 70.8 cm³/mol. The van der Waals surface area contributed by atoms with E-state index in [-0.39, 0.29) is 0 Å². The smallest absolute Gasteiger partial charge is 0.118 e. The summed E-state index contributed by atoms with van der Waals surface area (Å²) < 4.78 is 0. The van der Waals surface area contributed by atoms with E-state index in [4.69, 9.17) is 11.5 Å². The van der Waals surface area contributed by atoms with Crippen LogP contribution in [-0.4, -0.2) is 5.11 Å². The Hall–Kier alpha value is -2.16. The minimum atomic E-state index is 0.335. The highest BCUT2D eigenvalue weighted by Crippen LogP contribution is 2.21. The molecule has 0 amide bonds. The van der Waals surface area contributed by atoms with Gasteiger partial charge in [-0.05, 0) is 42.2 Å². The van der Waals surface area contributed by atoms with Crippen molar-refractivity contribution in [2.24, 2.45) is 0 Å². The van der Waals surface area contributed by atoms with Crippen LogP contribution in [0.1, 0.15) is 11.1 Å². The van der Waals surface area contributed by atoms with E-state index in [0.29, 0.717) is 17.1 Å². The van der Waals surface area contributed by atoms with Gasteiger partial charge in [0.2, 0.25) is 0 Å². The number of nitrogen functional groups attached to an aromatic ring is 2. The molecule has 0 aliphatic heterocycles. The zero-order valence-electron chi connectivity index (χ0n) is 9.56.